The molecule has 3 atom stereocenters. The van der Waals surface area contributed by atoms with E-state index in [9.17, 15) is 34.4 Å². The SMILES string of the molecule is CC[C@H](N=C([O-])CC[C@H](N)C(=O)[O-])P(=O)(O)CCC(=O)[O-]. The minimum Gasteiger partial charge on any atom is -0.862 e. The third-order valence-corrected chi connectivity index (χ3v) is 5.01. The zero-order chi connectivity index (χ0) is 16.6. The van der Waals surface area contributed by atoms with Crippen molar-refractivity contribution < 1.29 is 34.4 Å². The minimum atomic E-state index is -3.95. The molecule has 0 aliphatic carbocycles. The van der Waals surface area contributed by atoms with Crippen molar-refractivity contribution in [1.82, 2.24) is 0 Å². The van der Waals surface area contributed by atoms with Crippen molar-refractivity contribution in [3.05, 3.63) is 0 Å². The van der Waals surface area contributed by atoms with Gasteiger partial charge in [-0.3, -0.25) is 9.56 Å². The number of carboxylic acid groups (broad SMARTS) is 2. The number of nitrogens with two attached hydrogens (primary N) is 1. The fraction of sp³-hybridized carbons (Fsp3) is 0.727. The molecule has 0 amide bonds. The van der Waals surface area contributed by atoms with E-state index in [0.717, 1.165) is 0 Å². The van der Waals surface area contributed by atoms with Gasteiger partial charge < -0.3 is 35.5 Å². The van der Waals surface area contributed by atoms with Crippen LogP contribution in [0.15, 0.2) is 4.99 Å². The first-order valence-corrected chi connectivity index (χ1v) is 8.23. The lowest BCUT2D eigenvalue weighted by atomic mass is 10.2. The third kappa shape index (κ3) is 7.79. The Morgan fingerprint density at radius 3 is 2.29 bits per heavy atom. The molecular weight excluding hydrogens is 303 g/mol. The van der Waals surface area contributed by atoms with Gasteiger partial charge in [-0.1, -0.05) is 6.92 Å². The van der Waals surface area contributed by atoms with Gasteiger partial charge in [-0.25, -0.2) is 0 Å². The van der Waals surface area contributed by atoms with Crippen LogP contribution in [0.25, 0.3) is 0 Å². The van der Waals surface area contributed by atoms with E-state index < -0.39 is 49.6 Å². The van der Waals surface area contributed by atoms with Crippen LogP contribution in [-0.4, -0.2) is 40.7 Å². The Kier molecular flexibility index (Phi) is 8.16. The summed E-state index contributed by atoms with van der Waals surface area (Å²) in [6.07, 6.45) is -1.58. The molecule has 0 aromatic heterocycles. The molecule has 1 unspecified atom stereocenters. The molecule has 3 N–H and O–H groups in total. The number of hydrogen-bond acceptors (Lipinski definition) is 8. The Hall–Kier alpha value is -1.44. The Balaban J connectivity index is 4.71. The van der Waals surface area contributed by atoms with Crippen molar-refractivity contribution in [2.45, 2.75) is 44.4 Å². The summed E-state index contributed by atoms with van der Waals surface area (Å²) in [5.41, 5.74) is 5.16. The van der Waals surface area contributed by atoms with Gasteiger partial charge in [-0.15, -0.1) is 0 Å². The molecule has 0 radical (unpaired) electrons. The molecule has 122 valence electrons. The summed E-state index contributed by atoms with van der Waals surface area (Å²) < 4.78 is 11.9. The normalized spacial score (nSPS) is 17.8. The molecule has 0 aromatic carbocycles. The lowest BCUT2D eigenvalue weighted by Crippen LogP contribution is -2.42. The van der Waals surface area contributed by atoms with Crippen LogP contribution in [0.1, 0.15) is 32.6 Å². The third-order valence-electron chi connectivity index (χ3n) is 2.73. The van der Waals surface area contributed by atoms with Crippen molar-refractivity contribution >= 4 is 25.2 Å². The first kappa shape index (κ1) is 19.6. The number of carboxylic acids is 2. The van der Waals surface area contributed by atoms with Crippen molar-refractivity contribution in [3.8, 4) is 0 Å². The molecular formula is C11H18N2O7P-3. The van der Waals surface area contributed by atoms with E-state index in [-0.39, 0.29) is 19.3 Å². The predicted octanol–water partition coefficient (Wildman–Crippen LogP) is -3.25. The highest BCUT2D eigenvalue weighted by Crippen LogP contribution is 2.48. The molecule has 9 nitrogen and oxygen atoms in total. The number of carbonyl (C=O) groups is 2. The van der Waals surface area contributed by atoms with Crippen LogP contribution in [0.4, 0.5) is 0 Å². The topological polar surface area (TPSA) is 179 Å². The van der Waals surface area contributed by atoms with E-state index in [4.69, 9.17) is 5.73 Å². The highest BCUT2D eigenvalue weighted by atomic mass is 31.2. The van der Waals surface area contributed by atoms with Crippen LogP contribution < -0.4 is 21.1 Å². The van der Waals surface area contributed by atoms with E-state index in [0.29, 0.717) is 0 Å². The number of rotatable bonds is 10. The molecule has 0 saturated heterocycles. The lowest BCUT2D eigenvalue weighted by Gasteiger charge is -2.22. The average Bonchev–Trinajstić information content (AvgIpc) is 2.39. The molecule has 21 heavy (non-hydrogen) atoms. The number of carbonyl (C=O) groups excluding carboxylic acids is 2. The van der Waals surface area contributed by atoms with Gasteiger partial charge in [-0.05, 0) is 31.6 Å². The molecule has 0 heterocycles. The van der Waals surface area contributed by atoms with Crippen molar-refractivity contribution in [1.29, 1.82) is 0 Å². The Bertz CT molecular complexity index is 452. The summed E-state index contributed by atoms with van der Waals surface area (Å²) in [5.74, 6) is -4.95. The molecule has 0 bridgehead atoms. The van der Waals surface area contributed by atoms with E-state index in [1.54, 1.807) is 0 Å². The average molecular weight is 321 g/mol. The number of aliphatic imine (C=N–C) groups is 1. The molecule has 0 spiro atoms. The van der Waals surface area contributed by atoms with E-state index in [1.165, 1.54) is 6.92 Å². The van der Waals surface area contributed by atoms with Crippen LogP contribution in [0.3, 0.4) is 0 Å². The molecule has 0 aliphatic rings. The van der Waals surface area contributed by atoms with Gasteiger partial charge in [0.1, 0.15) is 5.78 Å². The maximum atomic E-state index is 11.9. The first-order valence-electron chi connectivity index (χ1n) is 6.31. The standard InChI is InChI=1S/C11H21N2O7P/c1-2-9(21(19,20)6-5-10(15)16)13-8(14)4-3-7(12)11(17)18/h7,9H,2-6,12H2,1H3,(H,13,14)(H,15,16)(H,17,18)(H,19,20)/p-3/t7-,9+/m0/s1. The van der Waals surface area contributed by atoms with Gasteiger partial charge >= 0.3 is 0 Å². The Morgan fingerprint density at radius 1 is 1.29 bits per heavy atom. The number of aliphatic carboxylic acids is 2. The zero-order valence-electron chi connectivity index (χ0n) is 11.6. The second-order valence-electron chi connectivity index (χ2n) is 4.48. The van der Waals surface area contributed by atoms with Crippen LogP contribution in [0.2, 0.25) is 0 Å². The van der Waals surface area contributed by atoms with Crippen molar-refractivity contribution in [2.75, 3.05) is 6.16 Å². The highest BCUT2D eigenvalue weighted by molar-refractivity contribution is 7.58. The van der Waals surface area contributed by atoms with Crippen molar-refractivity contribution in [3.63, 3.8) is 0 Å². The molecule has 0 rings (SSSR count). The lowest BCUT2D eigenvalue weighted by molar-refractivity contribution is -0.308. The Morgan fingerprint density at radius 2 is 1.86 bits per heavy atom. The highest BCUT2D eigenvalue weighted by Gasteiger charge is 2.28. The molecule has 0 aliphatic heterocycles. The maximum Gasteiger partial charge on any atom is 0.224 e. The molecule has 0 saturated carbocycles. The quantitative estimate of drug-likeness (QED) is 0.239. The first-order chi connectivity index (χ1) is 9.60. The molecule has 0 fully saturated rings. The van der Waals surface area contributed by atoms with Gasteiger partial charge in [0.05, 0.1) is 5.97 Å². The van der Waals surface area contributed by atoms with Crippen molar-refractivity contribution in [2.24, 2.45) is 10.7 Å². The van der Waals surface area contributed by atoms with Crippen LogP contribution >= 0.6 is 7.37 Å². The zero-order valence-corrected chi connectivity index (χ0v) is 12.5. The second kappa shape index (κ2) is 8.76. The minimum absolute atomic E-state index is 0.0686. The van der Waals surface area contributed by atoms with E-state index >= 15 is 0 Å². The summed E-state index contributed by atoms with van der Waals surface area (Å²) >= 11 is 0. The Labute approximate surface area is 122 Å². The summed E-state index contributed by atoms with van der Waals surface area (Å²) in [4.78, 5) is 33.9. The summed E-state index contributed by atoms with van der Waals surface area (Å²) in [7, 11) is -3.95. The van der Waals surface area contributed by atoms with Crippen LogP contribution in [0, 0.1) is 0 Å². The van der Waals surface area contributed by atoms with Gasteiger partial charge in [0, 0.05) is 18.2 Å². The summed E-state index contributed by atoms with van der Waals surface area (Å²) in [6, 6.07) is -1.32. The van der Waals surface area contributed by atoms with Gasteiger partial charge in [0.15, 0.2) is 0 Å². The molecule has 0 aromatic rings. The second-order valence-corrected chi connectivity index (χ2v) is 7.03. The fourth-order valence-corrected chi connectivity index (χ4v) is 3.18. The smallest absolute Gasteiger partial charge is 0.224 e. The molecule has 10 heteroatoms. The maximum absolute atomic E-state index is 11.9. The van der Waals surface area contributed by atoms with Crippen LogP contribution in [0.5, 0.6) is 0 Å². The van der Waals surface area contributed by atoms with Gasteiger partial charge in [0.25, 0.3) is 0 Å². The predicted molar refractivity (Wildman–Crippen MR) is 68.0 cm³/mol. The summed E-state index contributed by atoms with van der Waals surface area (Å²) in [6.45, 7) is 1.52. The largest absolute Gasteiger partial charge is 0.862 e. The van der Waals surface area contributed by atoms with E-state index in [2.05, 4.69) is 4.99 Å². The number of hydrogen-bond donors (Lipinski definition) is 2. The van der Waals surface area contributed by atoms with Gasteiger partial charge in [0.2, 0.25) is 7.37 Å². The van der Waals surface area contributed by atoms with Gasteiger partial charge in [-0.2, -0.15) is 0 Å². The fourth-order valence-electron chi connectivity index (χ4n) is 1.49. The van der Waals surface area contributed by atoms with Crippen LogP contribution in [-0.2, 0) is 14.2 Å². The van der Waals surface area contributed by atoms with E-state index in [1.807, 2.05) is 0 Å². The summed E-state index contributed by atoms with van der Waals surface area (Å²) in [5, 5.41) is 32.2. The number of nitrogens with zero attached hydrogens (tertiary/aromatic N) is 1. The monoisotopic (exact) mass is 321 g/mol.